The number of hydrogen-bond donors (Lipinski definition) is 0. The van der Waals surface area contributed by atoms with E-state index >= 15 is 0 Å². The van der Waals surface area contributed by atoms with Gasteiger partial charge >= 0.3 is 0 Å². The zero-order valence-corrected chi connectivity index (χ0v) is 16.8. The molecule has 142 valence electrons. The molecule has 27 heavy (non-hydrogen) atoms. The van der Waals surface area contributed by atoms with Crippen LogP contribution in [-0.2, 0) is 6.54 Å². The minimum Gasteiger partial charge on any atom is -0.435 e. The standard InChI is InChI=1S/C19H21Cl2N5O/c1-11-5-3-4-6-13(11)26(2)15-10-23-17-12(25-15)9-24-19(17)27-14-7-8-22-18(21)16(14)20/h7-8,10-11,13H,3-6,9H2,1-2H3/t11-,13+/m0/s1. The fourth-order valence-electron chi connectivity index (χ4n) is 3.80. The van der Waals surface area contributed by atoms with Crippen LogP contribution >= 0.6 is 23.2 Å². The number of aliphatic imine (C=N–C) groups is 1. The third-order valence-electron chi connectivity index (χ3n) is 5.35. The molecule has 2 aromatic heterocycles. The van der Waals surface area contributed by atoms with Crippen molar-refractivity contribution in [1.82, 2.24) is 15.0 Å². The van der Waals surface area contributed by atoms with Crippen LogP contribution in [0.1, 0.15) is 44.0 Å². The van der Waals surface area contributed by atoms with E-state index in [0.29, 0.717) is 35.8 Å². The normalized spacial score (nSPS) is 21.6. The molecule has 4 rings (SSSR count). The second kappa shape index (κ2) is 7.60. The third kappa shape index (κ3) is 3.60. The number of fused-ring (bicyclic) bond motifs is 1. The topological polar surface area (TPSA) is 63.5 Å². The maximum absolute atomic E-state index is 6.15. The summed E-state index contributed by atoms with van der Waals surface area (Å²) in [6.07, 6.45) is 8.39. The summed E-state index contributed by atoms with van der Waals surface area (Å²) >= 11 is 12.1. The Labute approximate surface area is 168 Å². The van der Waals surface area contributed by atoms with E-state index in [9.17, 15) is 0 Å². The van der Waals surface area contributed by atoms with Gasteiger partial charge in [-0.15, -0.1) is 0 Å². The van der Waals surface area contributed by atoms with Crippen LogP contribution in [0, 0.1) is 5.92 Å². The van der Waals surface area contributed by atoms with E-state index < -0.39 is 0 Å². The van der Waals surface area contributed by atoms with Crippen molar-refractivity contribution in [1.29, 1.82) is 0 Å². The largest absolute Gasteiger partial charge is 0.435 e. The average molecular weight is 406 g/mol. The molecule has 2 atom stereocenters. The molecule has 0 aromatic carbocycles. The predicted octanol–water partition coefficient (Wildman–Crippen LogP) is 4.53. The van der Waals surface area contributed by atoms with Gasteiger partial charge in [-0.25, -0.2) is 19.9 Å². The summed E-state index contributed by atoms with van der Waals surface area (Å²) in [4.78, 5) is 20.0. The number of anilines is 1. The second-order valence-corrected chi connectivity index (χ2v) is 7.84. The minimum atomic E-state index is 0.192. The summed E-state index contributed by atoms with van der Waals surface area (Å²) in [5.74, 6) is 2.35. The van der Waals surface area contributed by atoms with Gasteiger partial charge in [-0.05, 0) is 18.8 Å². The summed E-state index contributed by atoms with van der Waals surface area (Å²) in [5, 5.41) is 0.448. The molecule has 3 heterocycles. The third-order valence-corrected chi connectivity index (χ3v) is 6.10. The molecule has 0 saturated heterocycles. The van der Waals surface area contributed by atoms with Gasteiger partial charge in [0.1, 0.15) is 16.5 Å². The molecule has 6 nitrogen and oxygen atoms in total. The number of hydrogen-bond acceptors (Lipinski definition) is 6. The van der Waals surface area contributed by atoms with Gasteiger partial charge in [0.05, 0.1) is 18.4 Å². The Hall–Kier alpha value is -1.92. The maximum Gasteiger partial charge on any atom is 0.243 e. The van der Waals surface area contributed by atoms with Crippen LogP contribution in [0.25, 0.3) is 0 Å². The van der Waals surface area contributed by atoms with Crippen LogP contribution in [0.3, 0.4) is 0 Å². The summed E-state index contributed by atoms with van der Waals surface area (Å²) in [7, 11) is 2.11. The van der Waals surface area contributed by atoms with Gasteiger partial charge in [0.25, 0.3) is 0 Å². The van der Waals surface area contributed by atoms with E-state index in [0.717, 1.165) is 11.5 Å². The van der Waals surface area contributed by atoms with Gasteiger partial charge in [0, 0.05) is 25.4 Å². The molecule has 0 radical (unpaired) electrons. The summed E-state index contributed by atoms with van der Waals surface area (Å²) in [5.41, 5.74) is 1.46. The first-order valence-electron chi connectivity index (χ1n) is 9.16. The molecule has 0 spiro atoms. The molecule has 1 aliphatic heterocycles. The van der Waals surface area contributed by atoms with Gasteiger partial charge < -0.3 is 9.64 Å². The smallest absolute Gasteiger partial charge is 0.243 e. The van der Waals surface area contributed by atoms with Crippen LogP contribution in [0.2, 0.25) is 10.2 Å². The van der Waals surface area contributed by atoms with Crippen LogP contribution in [0.15, 0.2) is 23.5 Å². The molecule has 0 bridgehead atoms. The zero-order valence-electron chi connectivity index (χ0n) is 15.3. The van der Waals surface area contributed by atoms with Crippen molar-refractivity contribution < 1.29 is 4.74 Å². The quantitative estimate of drug-likeness (QED) is 0.701. The Balaban J connectivity index is 1.54. The van der Waals surface area contributed by atoms with Gasteiger partial charge in [-0.2, -0.15) is 0 Å². The van der Waals surface area contributed by atoms with Crippen LogP contribution in [0.4, 0.5) is 5.82 Å². The lowest BCUT2D eigenvalue weighted by molar-refractivity contribution is 0.320. The highest BCUT2D eigenvalue weighted by molar-refractivity contribution is 6.42. The Morgan fingerprint density at radius 1 is 1.19 bits per heavy atom. The number of aromatic nitrogens is 3. The van der Waals surface area contributed by atoms with E-state index in [1.807, 2.05) is 0 Å². The van der Waals surface area contributed by atoms with Crippen molar-refractivity contribution in [2.45, 2.75) is 45.2 Å². The molecule has 1 fully saturated rings. The van der Waals surface area contributed by atoms with Gasteiger partial charge in [0.15, 0.2) is 10.9 Å². The summed E-state index contributed by atoms with van der Waals surface area (Å²) < 4.78 is 5.82. The molecular weight excluding hydrogens is 385 g/mol. The highest BCUT2D eigenvalue weighted by Gasteiger charge is 2.28. The second-order valence-electron chi connectivity index (χ2n) is 7.10. The van der Waals surface area contributed by atoms with Crippen molar-refractivity contribution >= 4 is 34.9 Å². The number of pyridine rings is 1. The SMILES string of the molecule is C[C@H]1CCCC[C@H]1N(C)c1cnc2c(n1)CN=C2Oc1ccnc(Cl)c1Cl. The summed E-state index contributed by atoms with van der Waals surface area (Å²) in [6, 6.07) is 2.15. The molecule has 1 aliphatic carbocycles. The van der Waals surface area contributed by atoms with Gasteiger partial charge in [-0.3, -0.25) is 0 Å². The molecule has 1 saturated carbocycles. The van der Waals surface area contributed by atoms with E-state index in [1.54, 1.807) is 12.3 Å². The zero-order chi connectivity index (χ0) is 19.0. The van der Waals surface area contributed by atoms with E-state index in [4.69, 9.17) is 32.9 Å². The number of rotatable bonds is 3. The molecule has 0 amide bonds. The van der Waals surface area contributed by atoms with E-state index in [1.165, 1.54) is 31.9 Å². The first-order valence-corrected chi connectivity index (χ1v) is 9.91. The highest BCUT2D eigenvalue weighted by atomic mass is 35.5. The number of nitrogens with zero attached hydrogens (tertiary/aromatic N) is 5. The Kier molecular flexibility index (Phi) is 5.19. The van der Waals surface area contributed by atoms with Crippen molar-refractivity contribution in [3.63, 3.8) is 0 Å². The van der Waals surface area contributed by atoms with Crippen molar-refractivity contribution in [2.24, 2.45) is 10.9 Å². The Bertz CT molecular complexity index is 888. The highest BCUT2D eigenvalue weighted by Crippen LogP contribution is 2.32. The maximum atomic E-state index is 6.15. The van der Waals surface area contributed by atoms with Crippen LogP contribution in [-0.4, -0.2) is 33.9 Å². The lowest BCUT2D eigenvalue weighted by Gasteiger charge is -2.36. The molecule has 8 heteroatoms. The predicted molar refractivity (Wildman–Crippen MR) is 107 cm³/mol. The summed E-state index contributed by atoms with van der Waals surface area (Å²) in [6.45, 7) is 2.76. The fourth-order valence-corrected chi connectivity index (χ4v) is 4.10. The fraction of sp³-hybridized carbons (Fsp3) is 0.474. The monoisotopic (exact) mass is 405 g/mol. The molecule has 2 aliphatic rings. The molecule has 2 aromatic rings. The van der Waals surface area contributed by atoms with Crippen molar-refractivity contribution in [3.8, 4) is 5.75 Å². The van der Waals surface area contributed by atoms with Gasteiger partial charge in [-0.1, -0.05) is 43.0 Å². The lowest BCUT2D eigenvalue weighted by Crippen LogP contribution is -2.39. The molecule has 0 unspecified atom stereocenters. The Morgan fingerprint density at radius 3 is 2.81 bits per heavy atom. The van der Waals surface area contributed by atoms with E-state index in [-0.39, 0.29) is 10.2 Å². The first-order chi connectivity index (χ1) is 13.0. The average Bonchev–Trinajstić information content (AvgIpc) is 3.07. The van der Waals surface area contributed by atoms with Crippen LogP contribution < -0.4 is 9.64 Å². The molecule has 0 N–H and O–H groups in total. The van der Waals surface area contributed by atoms with Crippen molar-refractivity contribution in [2.75, 3.05) is 11.9 Å². The minimum absolute atomic E-state index is 0.192. The van der Waals surface area contributed by atoms with Gasteiger partial charge in [0.2, 0.25) is 5.90 Å². The first kappa shape index (κ1) is 18.4. The number of ether oxygens (including phenoxy) is 1. The van der Waals surface area contributed by atoms with E-state index in [2.05, 4.69) is 33.8 Å². The van der Waals surface area contributed by atoms with Crippen molar-refractivity contribution in [3.05, 3.63) is 40.0 Å². The lowest BCUT2D eigenvalue weighted by atomic mass is 9.85. The van der Waals surface area contributed by atoms with Crippen LogP contribution in [0.5, 0.6) is 5.75 Å². The Morgan fingerprint density at radius 2 is 2.00 bits per heavy atom. The number of halogens is 2. The molecular formula is C19H21Cl2N5O.